The Hall–Kier alpha value is -2.94. The van der Waals surface area contributed by atoms with E-state index in [0.29, 0.717) is 17.1 Å². The van der Waals surface area contributed by atoms with Crippen LogP contribution in [0.25, 0.3) is 21.3 Å². The smallest absolute Gasteiger partial charge is 0.225 e. The van der Waals surface area contributed by atoms with Crippen LogP contribution in [-0.4, -0.2) is 9.97 Å². The van der Waals surface area contributed by atoms with Crippen molar-refractivity contribution in [3.05, 3.63) is 70.8 Å². The number of fused-ring (bicyclic) bond motifs is 1. The monoisotopic (exact) mass is 362 g/mol. The molecule has 0 spiro atoms. The summed E-state index contributed by atoms with van der Waals surface area (Å²) in [5.41, 5.74) is 3.35. The van der Waals surface area contributed by atoms with Crippen molar-refractivity contribution in [1.82, 2.24) is 9.97 Å². The molecule has 2 aromatic carbocycles. The molecular weight excluding hydrogens is 352 g/mol. The molecule has 2 heterocycles. The van der Waals surface area contributed by atoms with Crippen LogP contribution in [0, 0.1) is 11.3 Å². The molecule has 0 atom stereocenters. The van der Waals surface area contributed by atoms with Gasteiger partial charge in [0.1, 0.15) is 16.7 Å². The molecule has 0 saturated heterocycles. The lowest BCUT2D eigenvalue weighted by atomic mass is 10.1. The van der Waals surface area contributed by atoms with E-state index in [-0.39, 0.29) is 5.28 Å². The fourth-order valence-electron chi connectivity index (χ4n) is 2.65. The molecule has 0 aliphatic carbocycles. The van der Waals surface area contributed by atoms with Gasteiger partial charge in [0, 0.05) is 10.9 Å². The van der Waals surface area contributed by atoms with Crippen LogP contribution < -0.4 is 5.32 Å². The van der Waals surface area contributed by atoms with Crippen molar-refractivity contribution in [3.8, 4) is 17.2 Å². The Kier molecular flexibility index (Phi) is 4.06. The third-order valence-electron chi connectivity index (χ3n) is 3.79. The number of hydrogen-bond acceptors (Lipinski definition) is 5. The minimum absolute atomic E-state index is 0.172. The first-order valence-electron chi connectivity index (χ1n) is 7.52. The molecule has 4 aromatic rings. The van der Waals surface area contributed by atoms with Crippen LogP contribution in [-0.2, 0) is 0 Å². The SMILES string of the molecule is N#Cc1ccccc1Nc1nc(Cl)nc2scc(-c3ccccc3)c12. The maximum atomic E-state index is 9.31. The molecule has 0 fully saturated rings. The van der Waals surface area contributed by atoms with Gasteiger partial charge >= 0.3 is 0 Å². The highest BCUT2D eigenvalue weighted by atomic mass is 35.5. The van der Waals surface area contributed by atoms with E-state index in [9.17, 15) is 5.26 Å². The molecule has 4 rings (SSSR count). The Labute approximate surface area is 153 Å². The van der Waals surface area contributed by atoms with Gasteiger partial charge in [0.25, 0.3) is 0 Å². The van der Waals surface area contributed by atoms with Crippen LogP contribution in [0.2, 0.25) is 5.28 Å². The normalized spacial score (nSPS) is 10.6. The van der Waals surface area contributed by atoms with Crippen LogP contribution in [0.3, 0.4) is 0 Å². The lowest BCUT2D eigenvalue weighted by Gasteiger charge is -2.10. The first-order valence-corrected chi connectivity index (χ1v) is 8.78. The minimum atomic E-state index is 0.172. The fourth-order valence-corrected chi connectivity index (χ4v) is 3.82. The number of para-hydroxylation sites is 1. The van der Waals surface area contributed by atoms with E-state index in [1.807, 2.05) is 53.9 Å². The van der Waals surface area contributed by atoms with E-state index < -0.39 is 0 Å². The van der Waals surface area contributed by atoms with Gasteiger partial charge in [-0.25, -0.2) is 4.98 Å². The summed E-state index contributed by atoms with van der Waals surface area (Å²) in [7, 11) is 0. The molecule has 0 amide bonds. The molecule has 0 bridgehead atoms. The van der Waals surface area contributed by atoms with Crippen molar-refractivity contribution in [2.75, 3.05) is 5.32 Å². The Morgan fingerprint density at radius 3 is 2.56 bits per heavy atom. The maximum Gasteiger partial charge on any atom is 0.225 e. The quantitative estimate of drug-likeness (QED) is 0.480. The number of halogens is 1. The number of nitriles is 1. The lowest BCUT2D eigenvalue weighted by Crippen LogP contribution is -1.98. The van der Waals surface area contributed by atoms with Crippen molar-refractivity contribution in [3.63, 3.8) is 0 Å². The van der Waals surface area contributed by atoms with E-state index in [1.54, 1.807) is 6.07 Å². The van der Waals surface area contributed by atoms with Crippen molar-refractivity contribution in [1.29, 1.82) is 5.26 Å². The third-order valence-corrected chi connectivity index (χ3v) is 4.83. The van der Waals surface area contributed by atoms with Gasteiger partial charge < -0.3 is 5.32 Å². The van der Waals surface area contributed by atoms with Gasteiger partial charge in [-0.15, -0.1) is 11.3 Å². The van der Waals surface area contributed by atoms with Gasteiger partial charge in [-0.05, 0) is 29.3 Å². The average molecular weight is 363 g/mol. The van der Waals surface area contributed by atoms with Crippen molar-refractivity contribution in [2.45, 2.75) is 0 Å². The zero-order chi connectivity index (χ0) is 17.2. The lowest BCUT2D eigenvalue weighted by molar-refractivity contribution is 1.23. The van der Waals surface area contributed by atoms with E-state index in [4.69, 9.17) is 11.6 Å². The summed E-state index contributed by atoms with van der Waals surface area (Å²) in [5, 5.41) is 15.7. The fraction of sp³-hybridized carbons (Fsp3) is 0. The zero-order valence-corrected chi connectivity index (χ0v) is 14.5. The summed E-state index contributed by atoms with van der Waals surface area (Å²) in [6, 6.07) is 19.5. The van der Waals surface area contributed by atoms with Gasteiger partial charge in [0.05, 0.1) is 16.6 Å². The molecule has 0 aliphatic heterocycles. The summed E-state index contributed by atoms with van der Waals surface area (Å²) in [4.78, 5) is 9.51. The number of benzene rings is 2. The summed E-state index contributed by atoms with van der Waals surface area (Å²) in [5.74, 6) is 0.595. The zero-order valence-electron chi connectivity index (χ0n) is 12.9. The van der Waals surface area contributed by atoms with Crippen molar-refractivity contribution < 1.29 is 0 Å². The van der Waals surface area contributed by atoms with Crippen LogP contribution >= 0.6 is 22.9 Å². The second-order valence-electron chi connectivity index (χ2n) is 5.32. The van der Waals surface area contributed by atoms with E-state index >= 15 is 0 Å². The van der Waals surface area contributed by atoms with Crippen LogP contribution in [0.5, 0.6) is 0 Å². The second kappa shape index (κ2) is 6.52. The Morgan fingerprint density at radius 2 is 1.76 bits per heavy atom. The van der Waals surface area contributed by atoms with Crippen LogP contribution in [0.4, 0.5) is 11.5 Å². The number of nitrogens with one attached hydrogen (secondary N) is 1. The van der Waals surface area contributed by atoms with Gasteiger partial charge in [-0.1, -0.05) is 42.5 Å². The third kappa shape index (κ3) is 2.93. The Morgan fingerprint density at radius 1 is 1.00 bits per heavy atom. The van der Waals surface area contributed by atoms with Crippen LogP contribution in [0.1, 0.15) is 5.56 Å². The molecule has 4 nitrogen and oxygen atoms in total. The van der Waals surface area contributed by atoms with E-state index in [2.05, 4.69) is 21.4 Å². The highest BCUT2D eigenvalue weighted by Gasteiger charge is 2.15. The Balaban J connectivity index is 1.91. The number of rotatable bonds is 3. The van der Waals surface area contributed by atoms with E-state index in [0.717, 1.165) is 21.3 Å². The first-order chi connectivity index (χ1) is 12.3. The maximum absolute atomic E-state index is 9.31. The molecule has 0 radical (unpaired) electrons. The van der Waals surface area contributed by atoms with Crippen molar-refractivity contribution >= 4 is 44.7 Å². The average Bonchev–Trinajstić information content (AvgIpc) is 3.07. The summed E-state index contributed by atoms with van der Waals surface area (Å²) in [6.07, 6.45) is 0. The molecular formula is C19H11ClN4S. The predicted octanol–water partition coefficient (Wildman–Crippen LogP) is 5.63. The standard InChI is InChI=1S/C19H11ClN4S/c20-19-23-17(22-15-9-5-4-8-13(15)10-21)16-14(11-25-18(16)24-19)12-6-2-1-3-7-12/h1-9,11H,(H,22,23,24). The molecule has 0 saturated carbocycles. The molecule has 25 heavy (non-hydrogen) atoms. The van der Waals surface area contributed by atoms with Gasteiger partial charge in [-0.3, -0.25) is 0 Å². The minimum Gasteiger partial charge on any atom is -0.338 e. The molecule has 0 unspecified atom stereocenters. The largest absolute Gasteiger partial charge is 0.338 e. The van der Waals surface area contributed by atoms with E-state index in [1.165, 1.54) is 11.3 Å². The second-order valence-corrected chi connectivity index (χ2v) is 6.52. The first kappa shape index (κ1) is 15.6. The molecule has 2 aromatic heterocycles. The molecule has 120 valence electrons. The highest BCUT2D eigenvalue weighted by molar-refractivity contribution is 7.17. The molecule has 1 N–H and O–H groups in total. The van der Waals surface area contributed by atoms with Gasteiger partial charge in [0.2, 0.25) is 5.28 Å². The number of nitrogens with zero attached hydrogens (tertiary/aromatic N) is 3. The van der Waals surface area contributed by atoms with Gasteiger partial charge in [-0.2, -0.15) is 10.2 Å². The summed E-state index contributed by atoms with van der Waals surface area (Å²) in [6.45, 7) is 0. The predicted molar refractivity (Wildman–Crippen MR) is 102 cm³/mol. The summed E-state index contributed by atoms with van der Waals surface area (Å²) >= 11 is 7.62. The number of hydrogen-bond donors (Lipinski definition) is 1. The number of aromatic nitrogens is 2. The van der Waals surface area contributed by atoms with Crippen LogP contribution in [0.15, 0.2) is 60.0 Å². The molecule has 6 heteroatoms. The molecule has 0 aliphatic rings. The number of thiophene rings is 1. The highest BCUT2D eigenvalue weighted by Crippen LogP contribution is 2.38. The topological polar surface area (TPSA) is 61.6 Å². The summed E-state index contributed by atoms with van der Waals surface area (Å²) < 4.78 is 0. The Bertz CT molecular complexity index is 1100. The number of anilines is 2. The van der Waals surface area contributed by atoms with Gasteiger partial charge in [0.15, 0.2) is 0 Å². The van der Waals surface area contributed by atoms with Crippen molar-refractivity contribution in [2.24, 2.45) is 0 Å².